The highest BCUT2D eigenvalue weighted by atomic mass is 35.5. The van der Waals surface area contributed by atoms with Gasteiger partial charge in [0.2, 0.25) is 0 Å². The maximum Gasteiger partial charge on any atom is 0.168 e. The van der Waals surface area contributed by atoms with Gasteiger partial charge in [-0.2, -0.15) is 0 Å². The Morgan fingerprint density at radius 3 is 2.88 bits per heavy atom. The van der Waals surface area contributed by atoms with Crippen molar-refractivity contribution >= 4 is 58.2 Å². The van der Waals surface area contributed by atoms with E-state index in [2.05, 4.69) is 15.3 Å². The summed E-state index contributed by atoms with van der Waals surface area (Å²) in [5, 5.41) is 4.51. The van der Waals surface area contributed by atoms with E-state index in [-0.39, 0.29) is 12.4 Å². The van der Waals surface area contributed by atoms with Crippen LogP contribution in [0, 0.1) is 0 Å². The molecule has 2 aliphatic heterocycles. The second-order valence-electron chi connectivity index (χ2n) is 3.56. The van der Waals surface area contributed by atoms with E-state index in [1.807, 2.05) is 12.1 Å². The van der Waals surface area contributed by atoms with Gasteiger partial charge in [0.25, 0.3) is 0 Å². The van der Waals surface area contributed by atoms with Gasteiger partial charge in [0.05, 0.1) is 17.3 Å². The molecule has 2 aliphatic rings. The highest BCUT2D eigenvalue weighted by molar-refractivity contribution is 8.16. The van der Waals surface area contributed by atoms with Crippen molar-refractivity contribution in [2.24, 2.45) is 4.99 Å². The normalized spacial score (nSPS) is 17.4. The van der Waals surface area contributed by atoms with Crippen LogP contribution in [0.3, 0.4) is 0 Å². The average Bonchev–Trinajstić information content (AvgIpc) is 2.80. The number of thioether (sulfide) groups is 1. The van der Waals surface area contributed by atoms with Crippen LogP contribution in [-0.4, -0.2) is 23.2 Å². The molecule has 17 heavy (non-hydrogen) atoms. The van der Waals surface area contributed by atoms with Crippen LogP contribution >= 0.6 is 47.4 Å². The fourth-order valence-corrected chi connectivity index (χ4v) is 3.29. The fourth-order valence-electron chi connectivity index (χ4n) is 1.83. The van der Waals surface area contributed by atoms with Gasteiger partial charge in [-0.15, -0.1) is 12.4 Å². The number of hydrogen-bond acceptors (Lipinski definition) is 3. The van der Waals surface area contributed by atoms with Crippen molar-refractivity contribution in [2.45, 2.75) is 0 Å². The monoisotopic (exact) mass is 306 g/mol. The molecule has 0 radical (unpaired) electrons. The first-order chi connectivity index (χ1) is 7.75. The number of halogens is 3. The third-order valence-electron chi connectivity index (χ3n) is 2.58. The van der Waals surface area contributed by atoms with Crippen LogP contribution in [0.25, 0.3) is 5.70 Å². The number of amidine groups is 1. The maximum absolute atomic E-state index is 6.20. The molecule has 3 rings (SSSR count). The van der Waals surface area contributed by atoms with Gasteiger partial charge in [0.15, 0.2) is 5.17 Å². The summed E-state index contributed by atoms with van der Waals surface area (Å²) in [6.07, 6.45) is 0. The summed E-state index contributed by atoms with van der Waals surface area (Å²) in [7, 11) is 0. The quantitative estimate of drug-likeness (QED) is 0.775. The van der Waals surface area contributed by atoms with Crippen LogP contribution in [-0.2, 0) is 0 Å². The minimum atomic E-state index is 0. The molecule has 0 fully saturated rings. The Balaban J connectivity index is 0.00000108. The van der Waals surface area contributed by atoms with Gasteiger partial charge in [0, 0.05) is 22.5 Å². The second-order valence-corrected chi connectivity index (χ2v) is 5.24. The highest BCUT2D eigenvalue weighted by Gasteiger charge is 2.27. The fraction of sp³-hybridized carbons (Fsp3) is 0.182. The van der Waals surface area contributed by atoms with Crippen LogP contribution in [0.2, 0.25) is 10.0 Å². The summed E-state index contributed by atoms with van der Waals surface area (Å²) in [6.45, 7) is 1.80. The zero-order valence-corrected chi connectivity index (χ0v) is 11.8. The second kappa shape index (κ2) is 5.11. The van der Waals surface area contributed by atoms with Crippen molar-refractivity contribution in [1.29, 1.82) is 0 Å². The zero-order valence-electron chi connectivity index (χ0n) is 8.69. The predicted octanol–water partition coefficient (Wildman–Crippen LogP) is 4.13. The smallest absolute Gasteiger partial charge is 0.168 e. The summed E-state index contributed by atoms with van der Waals surface area (Å²) < 4.78 is 0. The Labute approximate surface area is 120 Å². The van der Waals surface area contributed by atoms with E-state index in [0.29, 0.717) is 10.0 Å². The third kappa shape index (κ3) is 2.29. The van der Waals surface area contributed by atoms with E-state index in [1.54, 1.807) is 17.8 Å². The Kier molecular flexibility index (Phi) is 3.93. The topological polar surface area (TPSA) is 15.6 Å². The largest absolute Gasteiger partial charge is 0.318 e. The van der Waals surface area contributed by atoms with E-state index >= 15 is 0 Å². The first-order valence-electron chi connectivity index (χ1n) is 4.90. The minimum absolute atomic E-state index is 0. The first-order valence-corrected chi connectivity index (χ1v) is 6.53. The highest BCUT2D eigenvalue weighted by Crippen LogP contribution is 2.38. The maximum atomic E-state index is 6.20. The molecular weight excluding hydrogens is 299 g/mol. The molecule has 0 bridgehead atoms. The van der Waals surface area contributed by atoms with E-state index in [4.69, 9.17) is 23.2 Å². The van der Waals surface area contributed by atoms with Crippen molar-refractivity contribution in [3.05, 3.63) is 39.2 Å². The summed E-state index contributed by atoms with van der Waals surface area (Å²) in [5.74, 6) is 0. The number of nitrogens with zero attached hydrogens (tertiary/aromatic N) is 2. The lowest BCUT2D eigenvalue weighted by molar-refractivity contribution is 0.650. The van der Waals surface area contributed by atoms with Crippen LogP contribution in [0.1, 0.15) is 5.56 Å². The van der Waals surface area contributed by atoms with Crippen LogP contribution in [0.15, 0.2) is 28.6 Å². The molecule has 1 aromatic rings. The molecule has 0 amide bonds. The van der Waals surface area contributed by atoms with E-state index in [9.17, 15) is 0 Å². The molecule has 6 heteroatoms. The minimum Gasteiger partial charge on any atom is -0.318 e. The van der Waals surface area contributed by atoms with Gasteiger partial charge < -0.3 is 4.90 Å². The standard InChI is InChI=1S/C11H8Cl2N2S.ClH/c12-7-1-2-8(9(13)5-7)10-6-16-11-14-3-4-15(10)11;/h1-2,5-6H,3-4H2;1H. The SMILES string of the molecule is Cl.Clc1ccc(C2=CSC3=NCCN23)c(Cl)c1. The van der Waals surface area contributed by atoms with Crippen molar-refractivity contribution < 1.29 is 0 Å². The Bertz CT molecular complexity index is 513. The summed E-state index contributed by atoms with van der Waals surface area (Å²) in [6, 6.07) is 5.59. The average molecular weight is 308 g/mol. The molecule has 0 spiro atoms. The van der Waals surface area contributed by atoms with Crippen molar-refractivity contribution in [3.8, 4) is 0 Å². The lowest BCUT2D eigenvalue weighted by Crippen LogP contribution is -2.19. The van der Waals surface area contributed by atoms with E-state index in [0.717, 1.165) is 29.5 Å². The predicted molar refractivity (Wildman–Crippen MR) is 78.3 cm³/mol. The molecule has 0 N–H and O–H groups in total. The molecule has 0 unspecified atom stereocenters. The molecule has 0 saturated carbocycles. The summed E-state index contributed by atoms with van der Waals surface area (Å²) in [4.78, 5) is 6.60. The third-order valence-corrected chi connectivity index (χ3v) is 4.02. The van der Waals surface area contributed by atoms with Crippen molar-refractivity contribution in [2.75, 3.05) is 13.1 Å². The van der Waals surface area contributed by atoms with Gasteiger partial charge in [-0.25, -0.2) is 0 Å². The zero-order chi connectivity index (χ0) is 11.1. The Morgan fingerprint density at radius 1 is 1.29 bits per heavy atom. The molecule has 0 aliphatic carbocycles. The molecule has 0 saturated heterocycles. The molecule has 1 aromatic carbocycles. The Hall–Kier alpha value is -0.350. The van der Waals surface area contributed by atoms with Gasteiger partial charge in [-0.3, -0.25) is 4.99 Å². The molecule has 2 heterocycles. The lowest BCUT2D eigenvalue weighted by atomic mass is 10.1. The molecule has 2 nitrogen and oxygen atoms in total. The van der Waals surface area contributed by atoms with E-state index < -0.39 is 0 Å². The lowest BCUT2D eigenvalue weighted by Gasteiger charge is -2.17. The molecule has 90 valence electrons. The molecule has 0 atom stereocenters. The summed E-state index contributed by atoms with van der Waals surface area (Å²) >= 11 is 13.7. The number of hydrogen-bond donors (Lipinski definition) is 0. The van der Waals surface area contributed by atoms with Gasteiger partial charge in [-0.05, 0) is 18.2 Å². The molecular formula is C11H9Cl3N2S. The number of benzene rings is 1. The summed E-state index contributed by atoms with van der Waals surface area (Å²) in [5.41, 5.74) is 2.15. The number of rotatable bonds is 1. The number of aliphatic imine (C=N–C) groups is 1. The van der Waals surface area contributed by atoms with Crippen LogP contribution in [0.4, 0.5) is 0 Å². The first kappa shape index (κ1) is 13.1. The van der Waals surface area contributed by atoms with Gasteiger partial charge in [-0.1, -0.05) is 35.0 Å². The van der Waals surface area contributed by atoms with Crippen molar-refractivity contribution in [3.63, 3.8) is 0 Å². The van der Waals surface area contributed by atoms with E-state index in [1.165, 1.54) is 0 Å². The van der Waals surface area contributed by atoms with Crippen LogP contribution < -0.4 is 0 Å². The number of fused-ring (bicyclic) bond motifs is 1. The van der Waals surface area contributed by atoms with Crippen LogP contribution in [0.5, 0.6) is 0 Å². The van der Waals surface area contributed by atoms with Gasteiger partial charge in [0.1, 0.15) is 0 Å². The Morgan fingerprint density at radius 2 is 2.12 bits per heavy atom. The van der Waals surface area contributed by atoms with Gasteiger partial charge >= 0.3 is 0 Å². The van der Waals surface area contributed by atoms with Crippen molar-refractivity contribution in [1.82, 2.24) is 4.90 Å². The molecule has 0 aromatic heterocycles.